The molecule has 9 heteroatoms. The zero-order valence-electron chi connectivity index (χ0n) is 15.3. The molecule has 1 aliphatic carbocycles. The first kappa shape index (κ1) is 19.4. The van der Waals surface area contributed by atoms with E-state index in [1.54, 1.807) is 18.2 Å². The minimum atomic E-state index is -3.47. The topological polar surface area (TPSA) is 119 Å². The summed E-state index contributed by atoms with van der Waals surface area (Å²) in [5, 5.41) is 3.02. The van der Waals surface area contributed by atoms with Crippen LogP contribution in [-0.2, 0) is 10.0 Å². The maximum Gasteiger partial charge on any atom is 0.240 e. The fourth-order valence-corrected chi connectivity index (χ4v) is 3.82. The molecule has 0 amide bonds. The standard InChI is InChI=1S/C18H25N5O3S/c1-20-27(24,25)15-9-7-14(8-10-15)21-18-22-16(19)11-17(23-18)26-12-13-5-3-2-4-6-13/h7-11,13,20H,2-6,12H2,1H3,(H3,19,21,22,23). The Bertz CT molecular complexity index is 865. The highest BCUT2D eigenvalue weighted by atomic mass is 32.2. The molecule has 1 fully saturated rings. The van der Waals surface area contributed by atoms with E-state index < -0.39 is 10.0 Å². The molecule has 0 radical (unpaired) electrons. The van der Waals surface area contributed by atoms with Crippen molar-refractivity contribution in [3.8, 4) is 5.88 Å². The Morgan fingerprint density at radius 2 is 1.85 bits per heavy atom. The number of nitrogen functional groups attached to an aromatic ring is 1. The molecule has 1 saturated carbocycles. The number of benzene rings is 1. The number of nitrogens with two attached hydrogens (primary N) is 1. The number of hydrogen-bond acceptors (Lipinski definition) is 7. The van der Waals surface area contributed by atoms with Crippen molar-refractivity contribution in [1.82, 2.24) is 14.7 Å². The van der Waals surface area contributed by atoms with E-state index in [0.29, 0.717) is 35.9 Å². The molecular weight excluding hydrogens is 366 g/mol. The Morgan fingerprint density at radius 3 is 2.52 bits per heavy atom. The van der Waals surface area contributed by atoms with Crippen LogP contribution in [-0.4, -0.2) is 32.0 Å². The van der Waals surface area contributed by atoms with E-state index in [4.69, 9.17) is 10.5 Å². The van der Waals surface area contributed by atoms with Gasteiger partial charge in [0, 0.05) is 11.8 Å². The molecule has 4 N–H and O–H groups in total. The summed E-state index contributed by atoms with van der Waals surface area (Å²) in [6, 6.07) is 7.89. The summed E-state index contributed by atoms with van der Waals surface area (Å²) in [5.74, 6) is 1.61. The minimum absolute atomic E-state index is 0.181. The van der Waals surface area contributed by atoms with E-state index in [1.165, 1.54) is 51.3 Å². The van der Waals surface area contributed by atoms with E-state index >= 15 is 0 Å². The highest BCUT2D eigenvalue weighted by molar-refractivity contribution is 7.89. The molecule has 0 spiro atoms. The Kier molecular flexibility index (Phi) is 6.12. The lowest BCUT2D eigenvalue weighted by atomic mass is 9.90. The van der Waals surface area contributed by atoms with Gasteiger partial charge < -0.3 is 15.8 Å². The van der Waals surface area contributed by atoms with Crippen molar-refractivity contribution in [3.63, 3.8) is 0 Å². The minimum Gasteiger partial charge on any atom is -0.477 e. The molecule has 3 rings (SSSR count). The summed E-state index contributed by atoms with van der Waals surface area (Å²) >= 11 is 0. The zero-order chi connectivity index (χ0) is 19.3. The maximum atomic E-state index is 11.8. The van der Waals surface area contributed by atoms with Crippen LogP contribution in [0.2, 0.25) is 0 Å². The number of nitrogens with one attached hydrogen (secondary N) is 2. The predicted molar refractivity (Wildman–Crippen MR) is 104 cm³/mol. The molecule has 1 aliphatic rings. The van der Waals surface area contributed by atoms with Crippen molar-refractivity contribution in [2.75, 3.05) is 24.7 Å². The molecule has 1 aromatic heterocycles. The second-order valence-electron chi connectivity index (χ2n) is 6.63. The molecule has 0 saturated heterocycles. The van der Waals surface area contributed by atoms with Gasteiger partial charge in [-0.2, -0.15) is 9.97 Å². The highest BCUT2D eigenvalue weighted by Gasteiger charge is 2.15. The number of nitrogens with zero attached hydrogens (tertiary/aromatic N) is 2. The van der Waals surface area contributed by atoms with E-state index in [2.05, 4.69) is 20.0 Å². The first-order valence-electron chi connectivity index (χ1n) is 9.04. The van der Waals surface area contributed by atoms with E-state index in [0.717, 1.165) is 0 Å². The van der Waals surface area contributed by atoms with Gasteiger partial charge in [-0.1, -0.05) is 19.3 Å². The fourth-order valence-electron chi connectivity index (χ4n) is 3.09. The first-order valence-corrected chi connectivity index (χ1v) is 10.5. The van der Waals surface area contributed by atoms with Gasteiger partial charge in [0.15, 0.2) is 0 Å². The normalized spacial score (nSPS) is 15.4. The van der Waals surface area contributed by atoms with Crippen LogP contribution in [0.5, 0.6) is 5.88 Å². The van der Waals surface area contributed by atoms with Gasteiger partial charge >= 0.3 is 0 Å². The molecule has 146 valence electrons. The lowest BCUT2D eigenvalue weighted by Gasteiger charge is -2.21. The largest absolute Gasteiger partial charge is 0.477 e. The summed E-state index contributed by atoms with van der Waals surface area (Å²) in [5.41, 5.74) is 6.51. The molecule has 1 aromatic carbocycles. The van der Waals surface area contributed by atoms with Crippen LogP contribution < -0.4 is 20.5 Å². The third kappa shape index (κ3) is 5.30. The summed E-state index contributed by atoms with van der Waals surface area (Å²) < 4.78 is 31.6. The lowest BCUT2D eigenvalue weighted by molar-refractivity contribution is 0.203. The Labute approximate surface area is 159 Å². The molecular formula is C18H25N5O3S. The summed E-state index contributed by atoms with van der Waals surface area (Å²) in [6.07, 6.45) is 6.19. The molecule has 0 unspecified atom stereocenters. The number of anilines is 3. The van der Waals surface area contributed by atoms with Crippen LogP contribution in [0.1, 0.15) is 32.1 Å². The van der Waals surface area contributed by atoms with E-state index in [9.17, 15) is 8.42 Å². The molecule has 0 bridgehead atoms. The average Bonchev–Trinajstić information content (AvgIpc) is 2.67. The van der Waals surface area contributed by atoms with Gasteiger partial charge in [0.2, 0.25) is 21.9 Å². The van der Waals surface area contributed by atoms with Gasteiger partial charge in [-0.3, -0.25) is 0 Å². The van der Waals surface area contributed by atoms with Crippen molar-refractivity contribution in [3.05, 3.63) is 30.3 Å². The molecule has 0 aliphatic heterocycles. The van der Waals surface area contributed by atoms with Gasteiger partial charge in [-0.15, -0.1) is 0 Å². The third-order valence-electron chi connectivity index (χ3n) is 4.60. The highest BCUT2D eigenvalue weighted by Crippen LogP contribution is 2.25. The Morgan fingerprint density at radius 1 is 1.15 bits per heavy atom. The maximum absolute atomic E-state index is 11.8. The predicted octanol–water partition coefficient (Wildman–Crippen LogP) is 2.67. The van der Waals surface area contributed by atoms with Crippen molar-refractivity contribution >= 4 is 27.5 Å². The van der Waals surface area contributed by atoms with Crippen molar-refractivity contribution in [1.29, 1.82) is 0 Å². The fraction of sp³-hybridized carbons (Fsp3) is 0.444. The average molecular weight is 391 g/mol. The van der Waals surface area contributed by atoms with Crippen LogP contribution in [0.15, 0.2) is 35.2 Å². The van der Waals surface area contributed by atoms with Gasteiger partial charge in [0.05, 0.1) is 11.5 Å². The van der Waals surface area contributed by atoms with Crippen LogP contribution >= 0.6 is 0 Å². The van der Waals surface area contributed by atoms with E-state index in [1.807, 2.05) is 0 Å². The third-order valence-corrected chi connectivity index (χ3v) is 6.03. The number of aromatic nitrogens is 2. The Hall–Kier alpha value is -2.39. The molecule has 27 heavy (non-hydrogen) atoms. The monoisotopic (exact) mass is 391 g/mol. The molecule has 8 nitrogen and oxygen atoms in total. The lowest BCUT2D eigenvalue weighted by Crippen LogP contribution is -2.18. The van der Waals surface area contributed by atoms with E-state index in [-0.39, 0.29) is 4.90 Å². The molecule has 0 atom stereocenters. The van der Waals surface area contributed by atoms with Crippen LogP contribution in [0.4, 0.5) is 17.5 Å². The molecule has 2 aromatic rings. The van der Waals surface area contributed by atoms with Crippen LogP contribution in [0.25, 0.3) is 0 Å². The Balaban J connectivity index is 1.67. The summed E-state index contributed by atoms with van der Waals surface area (Å²) in [7, 11) is -2.10. The number of hydrogen-bond donors (Lipinski definition) is 3. The number of ether oxygens (including phenoxy) is 1. The number of sulfonamides is 1. The van der Waals surface area contributed by atoms with Gasteiger partial charge in [0.25, 0.3) is 0 Å². The summed E-state index contributed by atoms with van der Waals surface area (Å²) in [4.78, 5) is 8.68. The quantitative estimate of drug-likeness (QED) is 0.664. The zero-order valence-corrected chi connectivity index (χ0v) is 16.1. The van der Waals surface area contributed by atoms with Gasteiger partial charge in [-0.05, 0) is 50.1 Å². The molecule has 1 heterocycles. The van der Waals surface area contributed by atoms with Gasteiger partial charge in [0.1, 0.15) is 5.82 Å². The van der Waals surface area contributed by atoms with Crippen molar-refractivity contribution in [2.45, 2.75) is 37.0 Å². The van der Waals surface area contributed by atoms with Crippen molar-refractivity contribution < 1.29 is 13.2 Å². The second kappa shape index (κ2) is 8.53. The summed E-state index contributed by atoms with van der Waals surface area (Å²) in [6.45, 7) is 0.631. The SMILES string of the molecule is CNS(=O)(=O)c1ccc(Nc2nc(N)cc(OCC3CCCCC3)n2)cc1. The first-order chi connectivity index (χ1) is 13.0. The van der Waals surface area contributed by atoms with Crippen molar-refractivity contribution in [2.24, 2.45) is 5.92 Å². The van der Waals surface area contributed by atoms with Crippen LogP contribution in [0, 0.1) is 5.92 Å². The smallest absolute Gasteiger partial charge is 0.240 e. The van der Waals surface area contributed by atoms with Crippen LogP contribution in [0.3, 0.4) is 0 Å². The second-order valence-corrected chi connectivity index (χ2v) is 8.51. The number of rotatable bonds is 7. The van der Waals surface area contributed by atoms with Gasteiger partial charge in [-0.25, -0.2) is 13.1 Å².